The van der Waals surface area contributed by atoms with Gasteiger partial charge in [0.25, 0.3) is 0 Å². The summed E-state index contributed by atoms with van der Waals surface area (Å²) >= 11 is 0. The molecule has 0 radical (unpaired) electrons. The van der Waals surface area contributed by atoms with Crippen LogP contribution >= 0.6 is 0 Å². The predicted octanol–water partition coefficient (Wildman–Crippen LogP) is 14.4. The van der Waals surface area contributed by atoms with Crippen LogP contribution in [0.3, 0.4) is 0 Å². The molecule has 1 spiro atoms. The summed E-state index contributed by atoms with van der Waals surface area (Å²) < 4.78 is 13.1. The van der Waals surface area contributed by atoms with E-state index in [1.54, 1.807) is 0 Å². The van der Waals surface area contributed by atoms with Crippen LogP contribution in [-0.2, 0) is 0 Å². The number of aromatic hydroxyl groups is 1. The number of hydrogen-bond donors (Lipinski definition) is 1. The van der Waals surface area contributed by atoms with Crippen LogP contribution in [-0.4, -0.2) is 5.11 Å². The zero-order valence-corrected chi connectivity index (χ0v) is 30.2. The van der Waals surface area contributed by atoms with Crippen molar-refractivity contribution in [2.45, 2.75) is 6.42 Å². The number of allylic oxidation sites excluding steroid dienone is 8. The van der Waals surface area contributed by atoms with Gasteiger partial charge in [0.1, 0.15) is 28.1 Å². The Bertz CT molecular complexity index is 3520. The smallest absolute Gasteiger partial charge is 0.135 e. The fourth-order valence-corrected chi connectivity index (χ4v) is 10.3. The van der Waals surface area contributed by atoms with Crippen LogP contribution in [0.5, 0.6) is 5.75 Å². The number of phenolic OH excluding ortho intramolecular Hbond substituents is 1. The van der Waals surface area contributed by atoms with E-state index in [-0.39, 0.29) is 5.41 Å². The molecule has 3 nitrogen and oxygen atoms in total. The predicted molar refractivity (Wildman–Crippen MR) is 231 cm³/mol. The highest BCUT2D eigenvalue weighted by molar-refractivity contribution is 6.25. The van der Waals surface area contributed by atoms with E-state index >= 15 is 0 Å². The summed E-state index contributed by atoms with van der Waals surface area (Å²) in [5.41, 5.74) is 11.7. The molecule has 1 saturated carbocycles. The lowest BCUT2D eigenvalue weighted by atomic mass is 9.75. The van der Waals surface area contributed by atoms with Gasteiger partial charge in [-0.1, -0.05) is 127 Å². The van der Waals surface area contributed by atoms with E-state index in [1.165, 1.54) is 27.3 Å². The van der Waals surface area contributed by atoms with Crippen LogP contribution in [0, 0.1) is 11.3 Å². The van der Waals surface area contributed by atoms with Crippen LogP contribution in [0.25, 0.3) is 104 Å². The van der Waals surface area contributed by atoms with E-state index in [9.17, 15) is 5.11 Å². The number of benzene rings is 8. The van der Waals surface area contributed by atoms with Gasteiger partial charge in [0.2, 0.25) is 0 Å². The lowest BCUT2D eigenvalue weighted by Gasteiger charge is -2.28. The molecule has 2 atom stereocenters. The molecule has 1 N–H and O–H groups in total. The molecule has 3 aliphatic carbocycles. The second-order valence-corrected chi connectivity index (χ2v) is 15.7. The topological polar surface area (TPSA) is 46.5 Å². The highest BCUT2D eigenvalue weighted by Gasteiger charge is 2.58. The van der Waals surface area contributed by atoms with Crippen LogP contribution in [0.2, 0.25) is 0 Å². The minimum absolute atomic E-state index is 0.00199. The van der Waals surface area contributed by atoms with Crippen molar-refractivity contribution in [3.05, 3.63) is 181 Å². The zero-order valence-electron chi connectivity index (χ0n) is 30.2. The third-order valence-electron chi connectivity index (χ3n) is 12.9. The molecule has 3 heteroatoms. The second-order valence-electron chi connectivity index (χ2n) is 15.7. The van der Waals surface area contributed by atoms with Gasteiger partial charge < -0.3 is 13.9 Å². The van der Waals surface area contributed by atoms with Crippen molar-refractivity contribution in [3.63, 3.8) is 0 Å². The molecular weight excluding hydrogens is 685 g/mol. The Morgan fingerprint density at radius 1 is 0.500 bits per heavy atom. The molecule has 0 aliphatic heterocycles. The zero-order chi connectivity index (χ0) is 36.7. The molecular formula is C53H32O3. The van der Waals surface area contributed by atoms with Gasteiger partial charge in [-0.15, -0.1) is 0 Å². The lowest BCUT2D eigenvalue weighted by molar-refractivity contribution is 0.481. The van der Waals surface area contributed by atoms with Crippen molar-refractivity contribution in [2.75, 3.05) is 0 Å². The first-order chi connectivity index (χ1) is 27.6. The maximum Gasteiger partial charge on any atom is 0.135 e. The third-order valence-corrected chi connectivity index (χ3v) is 12.9. The summed E-state index contributed by atoms with van der Waals surface area (Å²) in [4.78, 5) is 0. The van der Waals surface area contributed by atoms with Crippen molar-refractivity contribution in [3.8, 4) is 28.0 Å². The second kappa shape index (κ2) is 10.8. The number of fused-ring (bicyclic) bond motifs is 5. The first-order valence-corrected chi connectivity index (χ1v) is 19.4. The molecule has 0 saturated heterocycles. The summed E-state index contributed by atoms with van der Waals surface area (Å²) in [6.07, 6.45) is 14.6. The van der Waals surface area contributed by atoms with E-state index < -0.39 is 0 Å². The van der Waals surface area contributed by atoms with Crippen molar-refractivity contribution >= 4 is 81.8 Å². The van der Waals surface area contributed by atoms with Crippen LogP contribution in [0.4, 0.5) is 0 Å². The van der Waals surface area contributed by atoms with Gasteiger partial charge >= 0.3 is 0 Å². The normalized spacial score (nSPS) is 18.7. The Kier molecular flexibility index (Phi) is 5.82. The molecule has 10 aromatic rings. The van der Waals surface area contributed by atoms with E-state index in [0.717, 1.165) is 94.3 Å². The largest absolute Gasteiger partial charge is 0.507 e. The highest BCUT2D eigenvalue weighted by atomic mass is 16.3. The lowest BCUT2D eigenvalue weighted by Crippen LogP contribution is -2.14. The van der Waals surface area contributed by atoms with Crippen LogP contribution in [0.1, 0.15) is 12.0 Å². The van der Waals surface area contributed by atoms with Gasteiger partial charge in [-0.05, 0) is 121 Å². The molecule has 8 aromatic carbocycles. The van der Waals surface area contributed by atoms with E-state index in [0.29, 0.717) is 11.7 Å². The molecule has 2 aromatic heterocycles. The molecule has 262 valence electrons. The summed E-state index contributed by atoms with van der Waals surface area (Å²) in [7, 11) is 0. The van der Waals surface area contributed by atoms with E-state index in [2.05, 4.69) is 164 Å². The fourth-order valence-electron chi connectivity index (χ4n) is 10.3. The summed E-state index contributed by atoms with van der Waals surface area (Å²) in [6.45, 7) is 0. The standard InChI is InChI=1S/C53H32O3/c54-45-23-21-35(37-13-6-16-41(51(37)45)44-17-4-10-33-9-3-11-34-29-53(33,34)44)31-19-24-46-42(27-31)43-28-32(20-25-47(43)55-46)36-22-26-49-52-38(36)14-5-15-40(52)39-12-1-7-30-8-2-18-48(56-49)50(30)39/h1-28,34,54H,29H2. The molecule has 2 unspecified atom stereocenters. The number of hydrogen-bond acceptors (Lipinski definition) is 3. The minimum atomic E-state index is 0.00199. The van der Waals surface area contributed by atoms with E-state index in [4.69, 9.17) is 8.83 Å². The molecule has 2 heterocycles. The average Bonchev–Trinajstić information content (AvgIpc) is 3.90. The molecule has 0 bridgehead atoms. The highest BCUT2D eigenvalue weighted by Crippen LogP contribution is 2.69. The molecule has 3 aliphatic rings. The average molecular weight is 717 g/mol. The Morgan fingerprint density at radius 2 is 1.12 bits per heavy atom. The van der Waals surface area contributed by atoms with Crippen LogP contribution in [0.15, 0.2) is 184 Å². The molecule has 1 fully saturated rings. The quantitative estimate of drug-likeness (QED) is 0.198. The first kappa shape index (κ1) is 30.3. The van der Waals surface area contributed by atoms with Gasteiger partial charge in [-0.2, -0.15) is 0 Å². The monoisotopic (exact) mass is 716 g/mol. The Labute approximate surface area is 321 Å². The summed E-state index contributed by atoms with van der Waals surface area (Å²) in [5.74, 6) is 0.808. The number of phenols is 1. The van der Waals surface area contributed by atoms with Gasteiger partial charge in [0.05, 0.1) is 0 Å². The van der Waals surface area contributed by atoms with Crippen molar-refractivity contribution in [1.82, 2.24) is 0 Å². The third kappa shape index (κ3) is 3.96. The first-order valence-electron chi connectivity index (χ1n) is 19.4. The van der Waals surface area contributed by atoms with Crippen LogP contribution < -0.4 is 0 Å². The molecule has 0 amide bonds. The molecule has 13 rings (SSSR count). The summed E-state index contributed by atoms with van der Waals surface area (Å²) in [6, 6.07) is 47.1. The summed E-state index contributed by atoms with van der Waals surface area (Å²) in [5, 5.41) is 22.5. The van der Waals surface area contributed by atoms with E-state index in [1.807, 2.05) is 6.07 Å². The Morgan fingerprint density at radius 3 is 1.93 bits per heavy atom. The number of rotatable bonds is 3. The van der Waals surface area contributed by atoms with Gasteiger partial charge in [-0.3, -0.25) is 0 Å². The van der Waals surface area contributed by atoms with Gasteiger partial charge in [0.15, 0.2) is 0 Å². The van der Waals surface area contributed by atoms with Gasteiger partial charge in [0, 0.05) is 32.3 Å². The Balaban J connectivity index is 0.981. The van der Waals surface area contributed by atoms with Gasteiger partial charge in [-0.25, -0.2) is 0 Å². The van der Waals surface area contributed by atoms with Crippen molar-refractivity contribution < 1.29 is 13.9 Å². The molecule has 56 heavy (non-hydrogen) atoms. The van der Waals surface area contributed by atoms with Crippen molar-refractivity contribution in [1.29, 1.82) is 0 Å². The van der Waals surface area contributed by atoms with Crippen molar-refractivity contribution in [2.24, 2.45) is 11.3 Å². The number of furan rings is 1. The maximum absolute atomic E-state index is 11.5. The Hall–Kier alpha value is -7.10. The maximum atomic E-state index is 11.5. The minimum Gasteiger partial charge on any atom is -0.507 e. The fraction of sp³-hybridized carbons (Fsp3) is 0.0566. The SMILES string of the molecule is Oc1ccc(-c2ccc3oc4ccc(-c5ccc6oc7cccc8cccc(c9cccc5c69)c87)cc4c3c2)c2cccc(C3=CC=CC4=CC=CC5CC435)c12.